The Bertz CT molecular complexity index is 808. The lowest BCUT2D eigenvalue weighted by Crippen LogP contribution is -2.25. The number of nitrogens with one attached hydrogen (secondary N) is 1. The molecule has 0 saturated heterocycles. The number of para-hydroxylation sites is 1. The smallest absolute Gasteiger partial charge is 0.240 e. The second-order valence-electron chi connectivity index (χ2n) is 5.34. The number of halogens is 1. The second kappa shape index (κ2) is 9.08. The fourth-order valence-corrected chi connectivity index (χ4v) is 3.81. The van der Waals surface area contributed by atoms with Crippen LogP contribution in [0.1, 0.15) is 18.9 Å². The van der Waals surface area contributed by atoms with E-state index >= 15 is 0 Å². The minimum absolute atomic E-state index is 0.119. The molecule has 2 rings (SSSR count). The number of hydrogen-bond donors (Lipinski definition) is 1. The lowest BCUT2D eigenvalue weighted by Gasteiger charge is -2.11. The Kier molecular flexibility index (Phi) is 7.11. The Balaban J connectivity index is 1.94. The van der Waals surface area contributed by atoms with Crippen molar-refractivity contribution in [2.45, 2.75) is 24.7 Å². The predicted molar refractivity (Wildman–Crippen MR) is 99.1 cm³/mol. The largest absolute Gasteiger partial charge is 0.495 e. The standard InChI is InChI=1S/C18H22ClNO4S/c1-3-24-17-9-5-4-7-14(17)8-6-12-20-25(21,22)15-10-11-18(23-2)16(19)13-15/h4-5,7,9-11,13,20H,3,6,8,12H2,1-2H3. The number of hydrogen-bond acceptors (Lipinski definition) is 4. The number of benzene rings is 2. The van der Waals surface area contributed by atoms with Crippen LogP contribution in [0.4, 0.5) is 0 Å². The van der Waals surface area contributed by atoms with Crippen molar-refractivity contribution in [3.63, 3.8) is 0 Å². The highest BCUT2D eigenvalue weighted by Gasteiger charge is 2.15. The molecule has 5 nitrogen and oxygen atoms in total. The van der Waals surface area contributed by atoms with Crippen LogP contribution >= 0.6 is 11.6 Å². The molecule has 7 heteroatoms. The SMILES string of the molecule is CCOc1ccccc1CCCNS(=O)(=O)c1ccc(OC)c(Cl)c1. The molecule has 0 bridgehead atoms. The monoisotopic (exact) mass is 383 g/mol. The average molecular weight is 384 g/mol. The summed E-state index contributed by atoms with van der Waals surface area (Å²) in [4.78, 5) is 0.119. The third-order valence-electron chi connectivity index (χ3n) is 3.62. The van der Waals surface area contributed by atoms with E-state index in [-0.39, 0.29) is 9.92 Å². The summed E-state index contributed by atoms with van der Waals surface area (Å²) in [7, 11) is -2.12. The van der Waals surface area contributed by atoms with E-state index in [2.05, 4.69) is 4.72 Å². The molecule has 0 saturated carbocycles. The highest BCUT2D eigenvalue weighted by Crippen LogP contribution is 2.26. The van der Waals surface area contributed by atoms with Gasteiger partial charge in [-0.2, -0.15) is 0 Å². The first-order chi connectivity index (χ1) is 12.0. The van der Waals surface area contributed by atoms with Gasteiger partial charge in [0.1, 0.15) is 11.5 Å². The topological polar surface area (TPSA) is 64.6 Å². The molecule has 0 heterocycles. The highest BCUT2D eigenvalue weighted by atomic mass is 35.5. The van der Waals surface area contributed by atoms with Crippen molar-refractivity contribution in [3.05, 3.63) is 53.1 Å². The molecule has 2 aromatic rings. The van der Waals surface area contributed by atoms with Crippen molar-refractivity contribution < 1.29 is 17.9 Å². The summed E-state index contributed by atoms with van der Waals surface area (Å²) in [5.74, 6) is 1.28. The maximum absolute atomic E-state index is 12.3. The molecule has 0 aliphatic carbocycles. The van der Waals surface area contributed by atoms with Gasteiger partial charge in [-0.1, -0.05) is 29.8 Å². The zero-order chi connectivity index (χ0) is 18.3. The van der Waals surface area contributed by atoms with Crippen molar-refractivity contribution in [1.29, 1.82) is 0 Å². The molecule has 0 amide bonds. The van der Waals surface area contributed by atoms with Gasteiger partial charge >= 0.3 is 0 Å². The molecular formula is C18H22ClNO4S. The number of ether oxygens (including phenoxy) is 2. The van der Waals surface area contributed by atoms with E-state index < -0.39 is 10.0 Å². The molecule has 0 atom stereocenters. The van der Waals surface area contributed by atoms with Gasteiger partial charge in [0.05, 0.1) is 23.6 Å². The van der Waals surface area contributed by atoms with E-state index in [4.69, 9.17) is 21.1 Å². The first-order valence-electron chi connectivity index (χ1n) is 8.02. The normalized spacial score (nSPS) is 11.3. The van der Waals surface area contributed by atoms with Crippen LogP contribution in [0.3, 0.4) is 0 Å². The average Bonchev–Trinajstić information content (AvgIpc) is 2.60. The molecule has 0 aliphatic rings. The van der Waals surface area contributed by atoms with Crippen LogP contribution in [-0.2, 0) is 16.4 Å². The lowest BCUT2D eigenvalue weighted by molar-refractivity contribution is 0.336. The number of methoxy groups -OCH3 is 1. The Labute approximate surface area is 154 Å². The molecule has 136 valence electrons. The van der Waals surface area contributed by atoms with Gasteiger partial charge in [0.25, 0.3) is 0 Å². The van der Waals surface area contributed by atoms with Crippen molar-refractivity contribution in [2.24, 2.45) is 0 Å². The van der Waals surface area contributed by atoms with E-state index in [9.17, 15) is 8.42 Å². The molecule has 0 aromatic heterocycles. The fraction of sp³-hybridized carbons (Fsp3) is 0.333. The van der Waals surface area contributed by atoms with Crippen LogP contribution < -0.4 is 14.2 Å². The predicted octanol–water partition coefficient (Wildman–Crippen LogP) is 3.66. The molecule has 0 aliphatic heterocycles. The maximum Gasteiger partial charge on any atom is 0.240 e. The van der Waals surface area contributed by atoms with E-state index in [1.165, 1.54) is 25.3 Å². The summed E-state index contributed by atoms with van der Waals surface area (Å²) in [6.45, 7) is 2.86. The quantitative estimate of drug-likeness (QED) is 0.671. The van der Waals surface area contributed by atoms with Crippen LogP contribution in [0, 0.1) is 0 Å². The van der Waals surface area contributed by atoms with Crippen molar-refractivity contribution in [3.8, 4) is 11.5 Å². The first-order valence-corrected chi connectivity index (χ1v) is 9.88. The highest BCUT2D eigenvalue weighted by molar-refractivity contribution is 7.89. The Morgan fingerprint density at radius 1 is 1.12 bits per heavy atom. The van der Waals surface area contributed by atoms with E-state index in [1.807, 2.05) is 31.2 Å². The molecule has 2 aromatic carbocycles. The molecule has 0 unspecified atom stereocenters. The van der Waals surface area contributed by atoms with Crippen LogP contribution in [0.25, 0.3) is 0 Å². The van der Waals surface area contributed by atoms with Gasteiger partial charge in [-0.25, -0.2) is 13.1 Å². The van der Waals surface area contributed by atoms with Crippen LogP contribution in [-0.4, -0.2) is 28.7 Å². The maximum atomic E-state index is 12.3. The zero-order valence-corrected chi connectivity index (χ0v) is 15.9. The zero-order valence-electron chi connectivity index (χ0n) is 14.3. The number of sulfonamides is 1. The summed E-state index contributed by atoms with van der Waals surface area (Å²) in [6.07, 6.45) is 1.38. The van der Waals surface area contributed by atoms with Crippen LogP contribution in [0.15, 0.2) is 47.4 Å². The van der Waals surface area contributed by atoms with Gasteiger partial charge in [0.2, 0.25) is 10.0 Å². The van der Waals surface area contributed by atoms with Gasteiger partial charge in [0.15, 0.2) is 0 Å². The third kappa shape index (κ3) is 5.36. The fourth-order valence-electron chi connectivity index (χ4n) is 2.39. The first kappa shape index (κ1) is 19.6. The molecule has 0 radical (unpaired) electrons. The van der Waals surface area contributed by atoms with Gasteiger partial charge in [0, 0.05) is 6.54 Å². The van der Waals surface area contributed by atoms with Gasteiger partial charge < -0.3 is 9.47 Å². The Morgan fingerprint density at radius 2 is 1.88 bits per heavy atom. The molecule has 0 spiro atoms. The minimum atomic E-state index is -3.60. The Morgan fingerprint density at radius 3 is 2.56 bits per heavy atom. The van der Waals surface area contributed by atoms with Crippen LogP contribution in [0.2, 0.25) is 5.02 Å². The third-order valence-corrected chi connectivity index (χ3v) is 5.38. The number of rotatable bonds is 9. The van der Waals surface area contributed by atoms with Gasteiger partial charge in [-0.3, -0.25) is 0 Å². The van der Waals surface area contributed by atoms with E-state index in [0.29, 0.717) is 25.3 Å². The van der Waals surface area contributed by atoms with Crippen molar-refractivity contribution in [1.82, 2.24) is 4.72 Å². The van der Waals surface area contributed by atoms with Crippen molar-refractivity contribution in [2.75, 3.05) is 20.3 Å². The molecule has 25 heavy (non-hydrogen) atoms. The summed E-state index contributed by atoms with van der Waals surface area (Å²) < 4.78 is 37.9. The molecular weight excluding hydrogens is 362 g/mol. The Hall–Kier alpha value is -1.76. The van der Waals surface area contributed by atoms with Gasteiger partial charge in [-0.05, 0) is 49.6 Å². The number of aryl methyl sites for hydroxylation is 1. The summed E-state index contributed by atoms with van der Waals surface area (Å²) in [6, 6.07) is 12.2. The lowest BCUT2D eigenvalue weighted by atomic mass is 10.1. The van der Waals surface area contributed by atoms with Crippen LogP contribution in [0.5, 0.6) is 11.5 Å². The summed E-state index contributed by atoms with van der Waals surface area (Å²) >= 11 is 5.99. The van der Waals surface area contributed by atoms with Gasteiger partial charge in [-0.15, -0.1) is 0 Å². The van der Waals surface area contributed by atoms with Crippen molar-refractivity contribution >= 4 is 21.6 Å². The summed E-state index contributed by atoms with van der Waals surface area (Å²) in [5.41, 5.74) is 1.07. The summed E-state index contributed by atoms with van der Waals surface area (Å²) in [5, 5.41) is 0.260. The molecule has 0 fully saturated rings. The minimum Gasteiger partial charge on any atom is -0.495 e. The molecule has 1 N–H and O–H groups in total. The van der Waals surface area contributed by atoms with E-state index in [1.54, 1.807) is 0 Å². The second-order valence-corrected chi connectivity index (χ2v) is 7.51. The van der Waals surface area contributed by atoms with E-state index in [0.717, 1.165) is 17.7 Å².